The molecule has 114 valence electrons. The molecule has 0 aliphatic heterocycles. The molecule has 0 aliphatic rings. The fourth-order valence-corrected chi connectivity index (χ4v) is 2.18. The molecule has 0 atom stereocenters. The number of imidazole rings is 1. The summed E-state index contributed by atoms with van der Waals surface area (Å²) in [5.41, 5.74) is 5.82. The second kappa shape index (κ2) is 6.04. The van der Waals surface area contributed by atoms with Crippen molar-refractivity contribution in [2.24, 2.45) is 5.41 Å². The van der Waals surface area contributed by atoms with Crippen molar-refractivity contribution in [3.8, 4) is 5.95 Å². The number of anilines is 2. The van der Waals surface area contributed by atoms with Crippen LogP contribution in [0, 0.1) is 5.41 Å². The molecule has 3 N–H and O–H groups in total. The summed E-state index contributed by atoms with van der Waals surface area (Å²) in [6.45, 7) is 6.05. The summed E-state index contributed by atoms with van der Waals surface area (Å²) in [5, 5.41) is 3.23. The number of nitrogens with zero attached hydrogens (tertiary/aromatic N) is 6. The van der Waals surface area contributed by atoms with Gasteiger partial charge in [-0.2, -0.15) is 15.0 Å². The molecule has 0 saturated carbocycles. The zero-order valence-electron chi connectivity index (χ0n) is 12.9. The van der Waals surface area contributed by atoms with E-state index in [9.17, 15) is 0 Å². The predicted octanol–water partition coefficient (Wildman–Crippen LogP) is 0.639. The van der Waals surface area contributed by atoms with Crippen LogP contribution in [0.1, 0.15) is 13.8 Å². The number of nitrogen functional groups attached to an aromatic ring is 1. The lowest BCUT2D eigenvalue weighted by atomic mass is 9.93. The molecular formula is C13H22N8. The SMILES string of the molecule is CN(C)CC(C)(C)CNc1nc(N)nc(-n2ccnc2)n1. The van der Waals surface area contributed by atoms with Gasteiger partial charge in [0.2, 0.25) is 17.8 Å². The summed E-state index contributed by atoms with van der Waals surface area (Å²) in [4.78, 5) is 18.7. The van der Waals surface area contributed by atoms with Crippen molar-refractivity contribution in [2.45, 2.75) is 13.8 Å². The number of hydrogen-bond acceptors (Lipinski definition) is 7. The largest absolute Gasteiger partial charge is 0.368 e. The molecule has 0 spiro atoms. The number of nitrogens with two attached hydrogens (primary N) is 1. The monoisotopic (exact) mass is 290 g/mol. The molecule has 0 saturated heterocycles. The highest BCUT2D eigenvalue weighted by Gasteiger charge is 2.19. The maximum atomic E-state index is 5.74. The summed E-state index contributed by atoms with van der Waals surface area (Å²) < 4.78 is 1.69. The van der Waals surface area contributed by atoms with E-state index >= 15 is 0 Å². The molecule has 8 nitrogen and oxygen atoms in total. The molecule has 2 rings (SSSR count). The van der Waals surface area contributed by atoms with Gasteiger partial charge in [0.05, 0.1) is 0 Å². The van der Waals surface area contributed by atoms with Gasteiger partial charge < -0.3 is 16.0 Å². The highest BCUT2D eigenvalue weighted by Crippen LogP contribution is 2.17. The molecule has 0 amide bonds. The Hall–Kier alpha value is -2.22. The van der Waals surface area contributed by atoms with Gasteiger partial charge in [-0.15, -0.1) is 0 Å². The van der Waals surface area contributed by atoms with Gasteiger partial charge in [-0.05, 0) is 19.5 Å². The average Bonchev–Trinajstić information content (AvgIpc) is 2.88. The first kappa shape index (κ1) is 15.2. The van der Waals surface area contributed by atoms with Gasteiger partial charge in [0.1, 0.15) is 6.33 Å². The molecule has 2 aromatic rings. The molecule has 0 bridgehead atoms. The molecule has 0 aromatic carbocycles. The van der Waals surface area contributed by atoms with E-state index in [2.05, 4.69) is 58.1 Å². The normalized spacial score (nSPS) is 11.9. The third kappa shape index (κ3) is 4.38. The van der Waals surface area contributed by atoms with E-state index in [1.54, 1.807) is 23.3 Å². The van der Waals surface area contributed by atoms with Crippen LogP contribution < -0.4 is 11.1 Å². The van der Waals surface area contributed by atoms with Gasteiger partial charge in [0, 0.05) is 25.5 Å². The number of nitrogens with one attached hydrogen (secondary N) is 1. The number of hydrogen-bond donors (Lipinski definition) is 2. The second-order valence-electron chi connectivity index (χ2n) is 6.04. The van der Waals surface area contributed by atoms with Crippen LogP contribution in [-0.2, 0) is 0 Å². The lowest BCUT2D eigenvalue weighted by Gasteiger charge is -2.28. The highest BCUT2D eigenvalue weighted by atomic mass is 15.3. The summed E-state index contributed by atoms with van der Waals surface area (Å²) in [5.74, 6) is 1.10. The van der Waals surface area contributed by atoms with E-state index in [1.165, 1.54) is 0 Å². The van der Waals surface area contributed by atoms with Gasteiger partial charge in [-0.25, -0.2) is 4.98 Å². The minimum Gasteiger partial charge on any atom is -0.368 e. The summed E-state index contributed by atoms with van der Waals surface area (Å²) in [6.07, 6.45) is 5.04. The summed E-state index contributed by atoms with van der Waals surface area (Å²) in [6, 6.07) is 0. The minimum absolute atomic E-state index is 0.0834. The number of aromatic nitrogens is 5. The molecule has 2 aromatic heterocycles. The quantitative estimate of drug-likeness (QED) is 0.805. The molecule has 2 heterocycles. The molecule has 8 heteroatoms. The van der Waals surface area contributed by atoms with E-state index < -0.39 is 0 Å². The molecule has 21 heavy (non-hydrogen) atoms. The van der Waals surface area contributed by atoms with Crippen LogP contribution in [0.25, 0.3) is 5.95 Å². The first-order chi connectivity index (χ1) is 9.85. The van der Waals surface area contributed by atoms with Gasteiger partial charge >= 0.3 is 0 Å². The Balaban J connectivity index is 2.10. The fourth-order valence-electron chi connectivity index (χ4n) is 2.18. The standard InChI is InChI=1S/C13H22N8/c1-13(2,8-20(3)4)7-16-11-17-10(14)18-12(19-11)21-6-5-15-9-21/h5-6,9H,7-8H2,1-4H3,(H3,14,16,17,18,19). The smallest absolute Gasteiger partial charge is 0.241 e. The summed E-state index contributed by atoms with van der Waals surface area (Å²) in [7, 11) is 4.11. The second-order valence-corrected chi connectivity index (χ2v) is 6.04. The van der Waals surface area contributed by atoms with Crippen molar-refractivity contribution in [1.82, 2.24) is 29.4 Å². The van der Waals surface area contributed by atoms with Crippen LogP contribution in [0.15, 0.2) is 18.7 Å². The van der Waals surface area contributed by atoms with E-state index in [0.29, 0.717) is 11.9 Å². The van der Waals surface area contributed by atoms with Crippen molar-refractivity contribution in [1.29, 1.82) is 0 Å². The highest BCUT2D eigenvalue weighted by molar-refractivity contribution is 5.35. The van der Waals surface area contributed by atoms with Crippen LogP contribution in [0.5, 0.6) is 0 Å². The van der Waals surface area contributed by atoms with Gasteiger partial charge in [0.15, 0.2) is 0 Å². The zero-order chi connectivity index (χ0) is 15.5. The van der Waals surface area contributed by atoms with Gasteiger partial charge in [-0.1, -0.05) is 13.8 Å². The Morgan fingerprint density at radius 2 is 2.05 bits per heavy atom. The zero-order valence-corrected chi connectivity index (χ0v) is 12.9. The van der Waals surface area contributed by atoms with Crippen LogP contribution in [0.3, 0.4) is 0 Å². The maximum absolute atomic E-state index is 5.74. The van der Waals surface area contributed by atoms with Crippen LogP contribution >= 0.6 is 0 Å². The third-order valence-electron chi connectivity index (χ3n) is 2.85. The Kier molecular flexibility index (Phi) is 4.37. The van der Waals surface area contributed by atoms with Crippen LogP contribution in [0.4, 0.5) is 11.9 Å². The molecule has 0 aliphatic carbocycles. The van der Waals surface area contributed by atoms with E-state index in [0.717, 1.165) is 13.1 Å². The van der Waals surface area contributed by atoms with Crippen molar-refractivity contribution in [3.05, 3.63) is 18.7 Å². The van der Waals surface area contributed by atoms with Crippen LogP contribution in [0.2, 0.25) is 0 Å². The predicted molar refractivity (Wildman–Crippen MR) is 82.2 cm³/mol. The average molecular weight is 290 g/mol. The first-order valence-electron chi connectivity index (χ1n) is 6.74. The van der Waals surface area contributed by atoms with Crippen molar-refractivity contribution in [2.75, 3.05) is 38.2 Å². The third-order valence-corrected chi connectivity index (χ3v) is 2.85. The van der Waals surface area contributed by atoms with E-state index in [-0.39, 0.29) is 11.4 Å². The van der Waals surface area contributed by atoms with Gasteiger partial charge in [0.25, 0.3) is 0 Å². The minimum atomic E-state index is 0.0834. The topological polar surface area (TPSA) is 97.8 Å². The Morgan fingerprint density at radius 1 is 1.29 bits per heavy atom. The lowest BCUT2D eigenvalue weighted by Crippen LogP contribution is -2.34. The fraction of sp³-hybridized carbons (Fsp3) is 0.538. The van der Waals surface area contributed by atoms with Crippen LogP contribution in [-0.4, -0.2) is 56.6 Å². The van der Waals surface area contributed by atoms with Crippen molar-refractivity contribution >= 4 is 11.9 Å². The molecular weight excluding hydrogens is 268 g/mol. The summed E-state index contributed by atoms with van der Waals surface area (Å²) >= 11 is 0. The Labute approximate surface area is 124 Å². The molecule has 0 fully saturated rings. The first-order valence-corrected chi connectivity index (χ1v) is 6.74. The van der Waals surface area contributed by atoms with Gasteiger partial charge in [-0.3, -0.25) is 4.57 Å². The van der Waals surface area contributed by atoms with E-state index in [4.69, 9.17) is 5.73 Å². The molecule has 0 radical (unpaired) electrons. The molecule has 0 unspecified atom stereocenters. The Morgan fingerprint density at radius 3 is 2.67 bits per heavy atom. The van der Waals surface area contributed by atoms with Crippen molar-refractivity contribution in [3.63, 3.8) is 0 Å². The maximum Gasteiger partial charge on any atom is 0.241 e. The number of rotatable bonds is 6. The van der Waals surface area contributed by atoms with Crippen molar-refractivity contribution < 1.29 is 0 Å². The Bertz CT molecular complexity index is 576. The lowest BCUT2D eigenvalue weighted by molar-refractivity contribution is 0.254. The van der Waals surface area contributed by atoms with E-state index in [1.807, 2.05) is 0 Å².